The van der Waals surface area contributed by atoms with Gasteiger partial charge in [0.15, 0.2) is 17.5 Å². The number of nitrogens with zero attached hydrogens (tertiary/aromatic N) is 4. The van der Waals surface area contributed by atoms with Crippen molar-refractivity contribution in [3.8, 4) is 39.9 Å². The molecule has 0 spiro atoms. The van der Waals surface area contributed by atoms with Crippen LogP contribution in [0.25, 0.3) is 102 Å². The Kier molecular flexibility index (Phi) is 6.26. The summed E-state index contributed by atoms with van der Waals surface area (Å²) in [6.07, 6.45) is 0. The van der Waals surface area contributed by atoms with Gasteiger partial charge in [0.1, 0.15) is 0 Å². The van der Waals surface area contributed by atoms with Gasteiger partial charge >= 0.3 is 0 Å². The molecular formula is C45H26N4S2. The molecule has 0 N–H and O–H groups in total. The van der Waals surface area contributed by atoms with Crippen LogP contribution in [0.5, 0.6) is 0 Å². The molecule has 4 nitrogen and oxygen atoms in total. The molecule has 0 saturated carbocycles. The molecule has 4 aromatic heterocycles. The Balaban J connectivity index is 1.11. The smallest absolute Gasteiger partial charge is 0.164 e. The molecule has 0 radical (unpaired) electrons. The van der Waals surface area contributed by atoms with E-state index in [1.165, 1.54) is 67.8 Å². The summed E-state index contributed by atoms with van der Waals surface area (Å²) in [5, 5.41) is 7.63. The molecule has 0 aliphatic carbocycles. The van der Waals surface area contributed by atoms with Crippen LogP contribution in [0.2, 0.25) is 0 Å². The van der Waals surface area contributed by atoms with E-state index in [4.69, 9.17) is 15.0 Å². The van der Waals surface area contributed by atoms with Crippen molar-refractivity contribution >= 4 is 84.8 Å². The van der Waals surface area contributed by atoms with Crippen molar-refractivity contribution in [3.63, 3.8) is 0 Å². The standard InChI is InChI=1S/C45H26N4S2/c1-3-12-27(13-4-1)43-46-44(28-14-5-2-6-15-28)48-45(47-43)29-22-25-38-34(26-29)32-23-24-33-40-37(20-11-21-39(40)51-42(33)41(32)50-38)49-35-18-9-7-16-30(35)31-17-8-10-19-36(31)49/h1-26H. The summed E-state index contributed by atoms with van der Waals surface area (Å²) in [6, 6.07) is 55.8. The predicted molar refractivity (Wildman–Crippen MR) is 216 cm³/mol. The molecule has 0 bridgehead atoms. The summed E-state index contributed by atoms with van der Waals surface area (Å²) < 4.78 is 7.64. The lowest BCUT2D eigenvalue weighted by Gasteiger charge is -2.10. The molecule has 0 atom stereocenters. The third-order valence-electron chi connectivity index (χ3n) is 9.86. The van der Waals surface area contributed by atoms with Crippen LogP contribution in [0.4, 0.5) is 0 Å². The van der Waals surface area contributed by atoms with Gasteiger partial charge in [-0.15, -0.1) is 22.7 Å². The van der Waals surface area contributed by atoms with Gasteiger partial charge in [0, 0.05) is 58.4 Å². The lowest BCUT2D eigenvalue weighted by molar-refractivity contribution is 1.07. The minimum Gasteiger partial charge on any atom is -0.309 e. The van der Waals surface area contributed by atoms with E-state index in [0.29, 0.717) is 17.5 Å². The summed E-state index contributed by atoms with van der Waals surface area (Å²) in [4.78, 5) is 14.9. The molecule has 4 heterocycles. The first-order valence-electron chi connectivity index (χ1n) is 16.9. The van der Waals surface area contributed by atoms with E-state index in [2.05, 4.69) is 102 Å². The third kappa shape index (κ3) is 4.40. The topological polar surface area (TPSA) is 43.6 Å². The molecule has 0 unspecified atom stereocenters. The van der Waals surface area contributed by atoms with Gasteiger partial charge in [-0.05, 0) is 42.5 Å². The maximum atomic E-state index is 5.01. The molecule has 0 aliphatic rings. The molecule has 6 heteroatoms. The van der Waals surface area contributed by atoms with Crippen LogP contribution in [0.3, 0.4) is 0 Å². The second-order valence-electron chi connectivity index (χ2n) is 12.8. The van der Waals surface area contributed by atoms with Crippen LogP contribution >= 0.6 is 22.7 Å². The highest BCUT2D eigenvalue weighted by atomic mass is 32.1. The fourth-order valence-corrected chi connectivity index (χ4v) is 10.1. The molecule has 0 fully saturated rings. The summed E-state index contributed by atoms with van der Waals surface area (Å²) in [5.41, 5.74) is 6.58. The molecular weight excluding hydrogens is 661 g/mol. The molecule has 238 valence electrons. The zero-order chi connectivity index (χ0) is 33.5. The summed E-state index contributed by atoms with van der Waals surface area (Å²) >= 11 is 3.76. The summed E-state index contributed by atoms with van der Waals surface area (Å²) in [5.74, 6) is 2.00. The van der Waals surface area contributed by atoms with Crippen molar-refractivity contribution in [2.24, 2.45) is 0 Å². The zero-order valence-corrected chi connectivity index (χ0v) is 28.7. The summed E-state index contributed by atoms with van der Waals surface area (Å²) in [7, 11) is 0. The average molecular weight is 687 g/mol. The Hall–Kier alpha value is -6.21. The second kappa shape index (κ2) is 11.2. The van der Waals surface area contributed by atoms with Gasteiger partial charge in [-0.25, -0.2) is 15.0 Å². The van der Waals surface area contributed by atoms with Gasteiger partial charge in [-0.3, -0.25) is 0 Å². The fraction of sp³-hybridized carbons (Fsp3) is 0. The van der Waals surface area contributed by atoms with Gasteiger partial charge in [0.25, 0.3) is 0 Å². The first kappa shape index (κ1) is 28.6. The number of hydrogen-bond acceptors (Lipinski definition) is 5. The number of benzene rings is 7. The number of thiophene rings is 2. The molecule has 0 aliphatic heterocycles. The van der Waals surface area contributed by atoms with Crippen molar-refractivity contribution in [1.82, 2.24) is 19.5 Å². The predicted octanol–water partition coefficient (Wildman–Crippen LogP) is 12.7. The average Bonchev–Trinajstić information content (AvgIpc) is 3.88. The van der Waals surface area contributed by atoms with E-state index in [1.807, 2.05) is 83.3 Å². The fourth-order valence-electron chi connectivity index (χ4n) is 7.54. The second-order valence-corrected chi connectivity index (χ2v) is 14.9. The van der Waals surface area contributed by atoms with E-state index < -0.39 is 0 Å². The summed E-state index contributed by atoms with van der Waals surface area (Å²) in [6.45, 7) is 0. The van der Waals surface area contributed by atoms with Crippen LogP contribution in [-0.4, -0.2) is 19.5 Å². The largest absolute Gasteiger partial charge is 0.309 e. The van der Waals surface area contributed by atoms with Gasteiger partial charge in [0.05, 0.1) is 26.1 Å². The Morgan fingerprint density at radius 1 is 0.373 bits per heavy atom. The number of aromatic nitrogens is 4. The van der Waals surface area contributed by atoms with Crippen LogP contribution in [-0.2, 0) is 0 Å². The van der Waals surface area contributed by atoms with Crippen LogP contribution < -0.4 is 0 Å². The highest BCUT2D eigenvalue weighted by Gasteiger charge is 2.20. The van der Waals surface area contributed by atoms with E-state index >= 15 is 0 Å². The minimum atomic E-state index is 0.667. The maximum absolute atomic E-state index is 5.01. The Labute approximate surface area is 300 Å². The molecule has 11 rings (SSSR count). The van der Waals surface area contributed by atoms with Crippen molar-refractivity contribution in [3.05, 3.63) is 158 Å². The first-order chi connectivity index (χ1) is 25.3. The molecule has 0 saturated heterocycles. The van der Waals surface area contributed by atoms with Gasteiger partial charge in [-0.1, -0.05) is 115 Å². The third-order valence-corrected chi connectivity index (χ3v) is 12.4. The molecule has 7 aromatic carbocycles. The number of fused-ring (bicyclic) bond motifs is 10. The SMILES string of the molecule is c1ccc(-c2nc(-c3ccccc3)nc(-c3ccc4sc5c(ccc6c5sc5cccc(-n7c8ccccc8c8ccccc87)c56)c4c3)n2)cc1. The number of rotatable bonds is 4. The normalized spacial score (nSPS) is 11.9. The van der Waals surface area contributed by atoms with Crippen LogP contribution in [0, 0.1) is 0 Å². The van der Waals surface area contributed by atoms with Crippen LogP contribution in [0.1, 0.15) is 0 Å². The quantitative estimate of drug-likeness (QED) is 0.185. The lowest BCUT2D eigenvalue weighted by Crippen LogP contribution is -2.00. The Bertz CT molecular complexity index is 3030. The van der Waals surface area contributed by atoms with Crippen LogP contribution in [0.15, 0.2) is 158 Å². The van der Waals surface area contributed by atoms with E-state index in [-0.39, 0.29) is 0 Å². The highest BCUT2D eigenvalue weighted by molar-refractivity contribution is 7.33. The molecule has 11 aromatic rings. The minimum absolute atomic E-state index is 0.667. The van der Waals surface area contributed by atoms with E-state index in [1.54, 1.807) is 0 Å². The van der Waals surface area contributed by atoms with Crippen molar-refractivity contribution in [1.29, 1.82) is 0 Å². The Morgan fingerprint density at radius 3 is 1.59 bits per heavy atom. The van der Waals surface area contributed by atoms with Gasteiger partial charge in [-0.2, -0.15) is 0 Å². The molecule has 51 heavy (non-hydrogen) atoms. The molecule has 0 amide bonds. The zero-order valence-electron chi connectivity index (χ0n) is 27.1. The van der Waals surface area contributed by atoms with E-state index in [9.17, 15) is 0 Å². The Morgan fingerprint density at radius 2 is 0.922 bits per heavy atom. The van der Waals surface area contributed by atoms with Gasteiger partial charge in [0.2, 0.25) is 0 Å². The number of hydrogen-bond donors (Lipinski definition) is 0. The highest BCUT2D eigenvalue weighted by Crippen LogP contribution is 2.47. The monoisotopic (exact) mass is 686 g/mol. The number of para-hydroxylation sites is 2. The van der Waals surface area contributed by atoms with Gasteiger partial charge < -0.3 is 4.57 Å². The lowest BCUT2D eigenvalue weighted by atomic mass is 10.1. The van der Waals surface area contributed by atoms with Crippen molar-refractivity contribution in [2.45, 2.75) is 0 Å². The van der Waals surface area contributed by atoms with Crippen molar-refractivity contribution < 1.29 is 0 Å². The first-order valence-corrected chi connectivity index (χ1v) is 18.6. The van der Waals surface area contributed by atoms with E-state index in [0.717, 1.165) is 16.7 Å². The van der Waals surface area contributed by atoms with Crippen molar-refractivity contribution in [2.75, 3.05) is 0 Å². The maximum Gasteiger partial charge on any atom is 0.164 e.